The van der Waals surface area contributed by atoms with Gasteiger partial charge in [-0.25, -0.2) is 0 Å². The molecule has 1 N–H and O–H groups in total. The quantitative estimate of drug-likeness (QED) is 0.381. The average Bonchev–Trinajstić information content (AvgIpc) is 2.71. The molecule has 0 aromatic heterocycles. The number of aryl methyl sites for hydroxylation is 1. The minimum atomic E-state index is -0.479. The van der Waals surface area contributed by atoms with E-state index in [1.165, 1.54) is 0 Å². The van der Waals surface area contributed by atoms with Gasteiger partial charge in [-0.05, 0) is 59.9 Å². The molecule has 144 valence electrons. The van der Waals surface area contributed by atoms with Gasteiger partial charge in [0.05, 0.1) is 0 Å². The number of hydrogen-bond donors (Lipinski definition) is 1. The Hall–Kier alpha value is -3.06. The Balaban J connectivity index is 1.73. The van der Waals surface area contributed by atoms with Gasteiger partial charge in [0.25, 0.3) is 5.91 Å². The maximum Gasteiger partial charge on any atom is 0.266 e. The van der Waals surface area contributed by atoms with Crippen LogP contribution < -0.4 is 5.32 Å². The molecule has 5 heteroatoms. The smallest absolute Gasteiger partial charge is 0.266 e. The zero-order chi connectivity index (χ0) is 20.8. The van der Waals surface area contributed by atoms with Gasteiger partial charge >= 0.3 is 0 Å². The largest absolute Gasteiger partial charge is 0.321 e. The second-order valence-corrected chi connectivity index (χ2v) is 7.41. The molecule has 0 spiro atoms. The summed E-state index contributed by atoms with van der Waals surface area (Å²) < 4.78 is 0. The van der Waals surface area contributed by atoms with Gasteiger partial charge in [-0.2, -0.15) is 5.26 Å². The van der Waals surface area contributed by atoms with Crippen LogP contribution in [0.3, 0.4) is 0 Å². The van der Waals surface area contributed by atoms with E-state index in [1.54, 1.807) is 18.2 Å². The van der Waals surface area contributed by atoms with Gasteiger partial charge < -0.3 is 5.32 Å². The first-order chi connectivity index (χ1) is 14.0. The SMILES string of the molecule is Cc1ccc(NC(=O)/C(C#N)=C/c2ccc(Cc3ccccc3Cl)cc2)cc1Cl. The topological polar surface area (TPSA) is 52.9 Å². The van der Waals surface area contributed by atoms with E-state index in [0.29, 0.717) is 17.1 Å². The van der Waals surface area contributed by atoms with Gasteiger partial charge in [0, 0.05) is 15.7 Å². The molecule has 0 unspecified atom stereocenters. The third-order valence-corrected chi connectivity index (χ3v) is 5.21. The fourth-order valence-electron chi connectivity index (χ4n) is 2.78. The molecule has 3 rings (SSSR count). The van der Waals surface area contributed by atoms with E-state index in [1.807, 2.05) is 67.6 Å². The summed E-state index contributed by atoms with van der Waals surface area (Å²) in [5.74, 6) is -0.479. The molecule has 0 bridgehead atoms. The summed E-state index contributed by atoms with van der Waals surface area (Å²) in [6.07, 6.45) is 2.27. The third-order valence-electron chi connectivity index (χ3n) is 4.44. The van der Waals surface area contributed by atoms with Gasteiger partial charge in [0.1, 0.15) is 11.6 Å². The Morgan fingerprint density at radius 1 is 1.03 bits per heavy atom. The number of benzene rings is 3. The molecule has 1 amide bonds. The molecule has 0 heterocycles. The summed E-state index contributed by atoms with van der Waals surface area (Å²) in [7, 11) is 0. The maximum atomic E-state index is 12.4. The molecule has 0 saturated carbocycles. The second-order valence-electron chi connectivity index (χ2n) is 6.60. The lowest BCUT2D eigenvalue weighted by Crippen LogP contribution is -2.13. The first kappa shape index (κ1) is 20.7. The Bertz CT molecular complexity index is 1110. The van der Waals surface area contributed by atoms with Crippen molar-refractivity contribution < 1.29 is 4.79 Å². The molecular weight excluding hydrogens is 403 g/mol. The van der Waals surface area contributed by atoms with Crippen LogP contribution in [0.4, 0.5) is 5.69 Å². The molecule has 29 heavy (non-hydrogen) atoms. The summed E-state index contributed by atoms with van der Waals surface area (Å²) in [6, 6.07) is 22.6. The minimum absolute atomic E-state index is 0.0144. The highest BCUT2D eigenvalue weighted by molar-refractivity contribution is 6.32. The lowest BCUT2D eigenvalue weighted by Gasteiger charge is -2.07. The van der Waals surface area contributed by atoms with Gasteiger partial charge in [-0.15, -0.1) is 0 Å². The van der Waals surface area contributed by atoms with Crippen LogP contribution in [0, 0.1) is 18.3 Å². The van der Waals surface area contributed by atoms with Gasteiger partial charge in [-0.3, -0.25) is 4.79 Å². The summed E-state index contributed by atoms with van der Waals surface area (Å²) in [5.41, 5.74) is 4.38. The number of hydrogen-bond acceptors (Lipinski definition) is 2. The Morgan fingerprint density at radius 3 is 2.41 bits per heavy atom. The van der Waals surface area contributed by atoms with E-state index < -0.39 is 5.91 Å². The fraction of sp³-hybridized carbons (Fsp3) is 0.0833. The number of rotatable bonds is 5. The predicted octanol–water partition coefficient (Wildman–Crippen LogP) is 6.44. The number of nitrogens with zero attached hydrogens (tertiary/aromatic N) is 1. The Labute approximate surface area is 180 Å². The van der Waals surface area contributed by atoms with Crippen LogP contribution in [0.15, 0.2) is 72.3 Å². The van der Waals surface area contributed by atoms with Crippen molar-refractivity contribution in [2.24, 2.45) is 0 Å². The molecule has 0 aliphatic heterocycles. The lowest BCUT2D eigenvalue weighted by atomic mass is 10.0. The van der Waals surface area contributed by atoms with E-state index in [-0.39, 0.29) is 5.57 Å². The van der Waals surface area contributed by atoms with Crippen molar-refractivity contribution >= 4 is 40.9 Å². The van der Waals surface area contributed by atoms with Crippen LogP contribution in [0.5, 0.6) is 0 Å². The third kappa shape index (κ3) is 5.48. The highest BCUT2D eigenvalue weighted by Crippen LogP contribution is 2.21. The van der Waals surface area contributed by atoms with E-state index >= 15 is 0 Å². The van der Waals surface area contributed by atoms with Crippen molar-refractivity contribution in [3.05, 3.63) is 105 Å². The molecule has 0 atom stereocenters. The zero-order valence-electron chi connectivity index (χ0n) is 15.7. The molecule has 0 fully saturated rings. The van der Waals surface area contributed by atoms with Crippen LogP contribution >= 0.6 is 23.2 Å². The Kier molecular flexibility index (Phi) is 6.72. The van der Waals surface area contributed by atoms with Crippen molar-refractivity contribution in [3.63, 3.8) is 0 Å². The van der Waals surface area contributed by atoms with Crippen LogP contribution in [0.1, 0.15) is 22.3 Å². The second kappa shape index (κ2) is 9.43. The molecule has 0 aliphatic carbocycles. The number of anilines is 1. The average molecular weight is 421 g/mol. The first-order valence-electron chi connectivity index (χ1n) is 8.98. The first-order valence-corrected chi connectivity index (χ1v) is 9.73. The predicted molar refractivity (Wildman–Crippen MR) is 119 cm³/mol. The number of carbonyl (C=O) groups is 1. The summed E-state index contributed by atoms with van der Waals surface area (Å²) >= 11 is 12.3. The van der Waals surface area contributed by atoms with E-state index in [9.17, 15) is 10.1 Å². The molecule has 3 aromatic carbocycles. The van der Waals surface area contributed by atoms with Crippen molar-refractivity contribution in [3.8, 4) is 6.07 Å². The summed E-state index contributed by atoms with van der Waals surface area (Å²) in [6.45, 7) is 1.88. The van der Waals surface area contributed by atoms with Crippen molar-refractivity contribution in [1.82, 2.24) is 0 Å². The highest BCUT2D eigenvalue weighted by Gasteiger charge is 2.10. The van der Waals surface area contributed by atoms with E-state index in [2.05, 4.69) is 5.32 Å². The zero-order valence-corrected chi connectivity index (χ0v) is 17.3. The fourth-order valence-corrected chi connectivity index (χ4v) is 3.16. The van der Waals surface area contributed by atoms with E-state index in [4.69, 9.17) is 23.2 Å². The lowest BCUT2D eigenvalue weighted by molar-refractivity contribution is -0.112. The van der Waals surface area contributed by atoms with Crippen molar-refractivity contribution in [2.45, 2.75) is 13.3 Å². The van der Waals surface area contributed by atoms with Gasteiger partial charge in [0.15, 0.2) is 0 Å². The maximum absolute atomic E-state index is 12.4. The van der Waals surface area contributed by atoms with Crippen LogP contribution in [0.2, 0.25) is 10.0 Å². The molecular formula is C24H18Cl2N2O. The normalized spacial score (nSPS) is 11.0. The minimum Gasteiger partial charge on any atom is -0.321 e. The van der Waals surface area contributed by atoms with Crippen LogP contribution in [-0.2, 0) is 11.2 Å². The molecule has 0 radical (unpaired) electrons. The molecule has 3 aromatic rings. The monoisotopic (exact) mass is 420 g/mol. The number of halogens is 2. The molecule has 3 nitrogen and oxygen atoms in total. The van der Waals surface area contributed by atoms with Crippen LogP contribution in [0.25, 0.3) is 6.08 Å². The summed E-state index contributed by atoms with van der Waals surface area (Å²) in [5, 5.41) is 13.4. The number of amides is 1. The summed E-state index contributed by atoms with van der Waals surface area (Å²) in [4.78, 5) is 12.4. The van der Waals surface area contributed by atoms with Gasteiger partial charge in [0.2, 0.25) is 0 Å². The van der Waals surface area contributed by atoms with Gasteiger partial charge in [-0.1, -0.05) is 71.7 Å². The van der Waals surface area contributed by atoms with Crippen molar-refractivity contribution in [1.29, 1.82) is 5.26 Å². The number of nitriles is 1. The molecule has 0 saturated heterocycles. The van der Waals surface area contributed by atoms with Crippen molar-refractivity contribution in [2.75, 3.05) is 5.32 Å². The standard InChI is InChI=1S/C24H18Cl2N2O/c1-16-6-11-21(14-23(16)26)28-24(29)20(15-27)13-18-9-7-17(8-10-18)12-19-4-2-3-5-22(19)25/h2-11,13-14H,12H2,1H3,(H,28,29)/b20-13+. The van der Waals surface area contributed by atoms with Crippen LogP contribution in [-0.4, -0.2) is 5.91 Å². The number of carbonyl (C=O) groups excluding carboxylic acids is 1. The van der Waals surface area contributed by atoms with E-state index in [0.717, 1.165) is 27.3 Å². The number of nitrogens with one attached hydrogen (secondary N) is 1. The molecule has 0 aliphatic rings. The Morgan fingerprint density at radius 2 is 1.76 bits per heavy atom. The highest BCUT2D eigenvalue weighted by atomic mass is 35.5.